The van der Waals surface area contributed by atoms with Crippen molar-refractivity contribution in [1.82, 2.24) is 20.4 Å². The number of hydrogen-bond acceptors (Lipinski definition) is 5. The van der Waals surface area contributed by atoms with Crippen molar-refractivity contribution in [1.29, 1.82) is 0 Å². The van der Waals surface area contributed by atoms with Gasteiger partial charge in [0.25, 0.3) is 5.91 Å². The van der Waals surface area contributed by atoms with Crippen LogP contribution in [0.2, 0.25) is 0 Å². The van der Waals surface area contributed by atoms with Crippen molar-refractivity contribution in [3.05, 3.63) is 17.8 Å². The Bertz CT molecular complexity index is 937. The van der Waals surface area contributed by atoms with Crippen molar-refractivity contribution in [3.8, 4) is 5.88 Å². The molecule has 34 heavy (non-hydrogen) atoms. The number of fused-ring (bicyclic) bond motifs is 2. The highest BCUT2D eigenvalue weighted by Gasteiger charge is 2.51. The van der Waals surface area contributed by atoms with E-state index >= 15 is 0 Å². The molecule has 1 heterocycles. The molecule has 8 nitrogen and oxygen atoms in total. The van der Waals surface area contributed by atoms with Crippen LogP contribution in [0.15, 0.2) is 12.3 Å². The smallest absolute Gasteiger partial charge is 0.258 e. The quantitative estimate of drug-likeness (QED) is 0.539. The van der Waals surface area contributed by atoms with Crippen LogP contribution in [0.4, 0.5) is 0 Å². The zero-order valence-electron chi connectivity index (χ0n) is 21.1. The normalized spacial score (nSPS) is 30.6. The summed E-state index contributed by atoms with van der Waals surface area (Å²) in [6.45, 7) is 8.18. The molecule has 0 spiro atoms. The summed E-state index contributed by atoms with van der Waals surface area (Å²) >= 11 is 0. The van der Waals surface area contributed by atoms with Gasteiger partial charge in [-0.1, -0.05) is 19.9 Å². The second-order valence-corrected chi connectivity index (χ2v) is 11.5. The molecule has 5 unspecified atom stereocenters. The van der Waals surface area contributed by atoms with E-state index in [2.05, 4.69) is 29.6 Å². The second-order valence-electron chi connectivity index (χ2n) is 11.5. The predicted octanol–water partition coefficient (Wildman–Crippen LogP) is 3.08. The summed E-state index contributed by atoms with van der Waals surface area (Å²) in [7, 11) is 1.61. The topological polar surface area (TPSA) is 105 Å². The Labute approximate surface area is 202 Å². The Morgan fingerprint density at radius 3 is 2.68 bits per heavy atom. The lowest BCUT2D eigenvalue weighted by Crippen LogP contribution is -2.43. The van der Waals surface area contributed by atoms with E-state index in [1.54, 1.807) is 25.5 Å². The third kappa shape index (κ3) is 5.02. The van der Waals surface area contributed by atoms with E-state index in [4.69, 9.17) is 4.74 Å². The zero-order chi connectivity index (χ0) is 24.6. The lowest BCUT2D eigenvalue weighted by Gasteiger charge is -2.31. The van der Waals surface area contributed by atoms with Crippen LogP contribution in [0, 0.1) is 35.0 Å². The molecule has 0 aromatic carbocycles. The number of hydrogen-bond donors (Lipinski definition) is 3. The summed E-state index contributed by atoms with van der Waals surface area (Å²) in [5.41, 5.74) is -0.338. The lowest BCUT2D eigenvalue weighted by atomic mass is 9.79. The minimum atomic E-state index is -0.738. The highest BCUT2D eigenvalue weighted by Crippen LogP contribution is 2.53. The van der Waals surface area contributed by atoms with E-state index in [0.717, 1.165) is 25.7 Å². The van der Waals surface area contributed by atoms with E-state index in [1.807, 2.05) is 13.8 Å². The summed E-state index contributed by atoms with van der Waals surface area (Å²) in [5, 5.41) is 20.8. The van der Waals surface area contributed by atoms with Gasteiger partial charge in [-0.15, -0.1) is 0 Å². The number of aliphatic hydroxyl groups is 1. The number of carbonyl (C=O) groups excluding carboxylic acids is 2. The molecule has 0 aliphatic heterocycles. The van der Waals surface area contributed by atoms with E-state index in [0.29, 0.717) is 41.7 Å². The molecule has 0 radical (unpaired) electrons. The molecule has 188 valence electrons. The van der Waals surface area contributed by atoms with Crippen LogP contribution in [0.5, 0.6) is 5.88 Å². The monoisotopic (exact) mass is 472 g/mol. The van der Waals surface area contributed by atoms with Crippen molar-refractivity contribution in [2.75, 3.05) is 13.7 Å². The SMILES string of the molecule is CNC(=O)C(C)(C)/C=C/n1ncc(C(=O)N[C@@H]2C3CC4CC(O)CC2C(C4)C3)c1OCC(C)C. The van der Waals surface area contributed by atoms with Gasteiger partial charge in [-0.25, -0.2) is 4.68 Å². The van der Waals surface area contributed by atoms with Crippen molar-refractivity contribution in [2.24, 2.45) is 35.0 Å². The van der Waals surface area contributed by atoms with Crippen LogP contribution in [-0.2, 0) is 4.79 Å². The van der Waals surface area contributed by atoms with Crippen molar-refractivity contribution < 1.29 is 19.4 Å². The molecule has 0 saturated heterocycles. The Morgan fingerprint density at radius 2 is 1.97 bits per heavy atom. The maximum atomic E-state index is 13.5. The summed E-state index contributed by atoms with van der Waals surface area (Å²) in [6, 6.07) is 0.0847. The molecule has 1 aromatic heterocycles. The fraction of sp³-hybridized carbons (Fsp3) is 0.731. The molecule has 3 N–H and O–H groups in total. The Hall–Kier alpha value is -2.35. The molecule has 3 saturated carbocycles. The van der Waals surface area contributed by atoms with Gasteiger partial charge in [0.1, 0.15) is 5.56 Å². The van der Waals surface area contributed by atoms with Crippen LogP contribution >= 0.6 is 0 Å². The maximum absolute atomic E-state index is 13.5. The summed E-state index contributed by atoms with van der Waals surface area (Å²) < 4.78 is 7.58. The number of ether oxygens (including phenoxy) is 1. The number of aromatic nitrogens is 2. The molecule has 8 heteroatoms. The van der Waals surface area contributed by atoms with E-state index in [9.17, 15) is 14.7 Å². The van der Waals surface area contributed by atoms with Gasteiger partial charge in [0, 0.05) is 19.3 Å². The highest BCUT2D eigenvalue weighted by atomic mass is 16.5. The molecule has 3 aliphatic rings. The number of amides is 2. The molecular formula is C26H40N4O4. The molecule has 3 bridgehead atoms. The molecule has 6 atom stereocenters. The average molecular weight is 473 g/mol. The standard InChI is InChI=1S/C26H40N4O4/c1-15(2)14-34-24-21(13-28-30(24)7-6-26(3,4)25(33)27-5)23(32)29-22-18-9-16-8-17(11-18)20(22)12-19(31)10-16/h6-7,13,15-20,22,31H,8-12,14H2,1-5H3,(H,27,33)(H,29,32)/b7-6+/t16?,17?,18?,19?,20?,22-/m1/s1. The minimum Gasteiger partial charge on any atom is -0.477 e. The Kier molecular flexibility index (Phi) is 7.08. The number of nitrogens with zero attached hydrogens (tertiary/aromatic N) is 2. The van der Waals surface area contributed by atoms with Gasteiger partial charge >= 0.3 is 0 Å². The van der Waals surface area contributed by atoms with Crippen LogP contribution < -0.4 is 15.4 Å². The van der Waals surface area contributed by atoms with Crippen molar-refractivity contribution in [2.45, 2.75) is 71.9 Å². The first-order valence-corrected chi connectivity index (χ1v) is 12.7. The van der Waals surface area contributed by atoms with Crippen LogP contribution in [0.25, 0.3) is 6.20 Å². The van der Waals surface area contributed by atoms with Crippen LogP contribution in [-0.4, -0.2) is 52.5 Å². The summed E-state index contributed by atoms with van der Waals surface area (Å²) in [6.07, 6.45) is 9.81. The van der Waals surface area contributed by atoms with Gasteiger partial charge < -0.3 is 20.5 Å². The third-order valence-electron chi connectivity index (χ3n) is 7.89. The number of carbonyl (C=O) groups is 2. The van der Waals surface area contributed by atoms with E-state index in [1.165, 1.54) is 11.1 Å². The highest BCUT2D eigenvalue weighted by molar-refractivity contribution is 5.96. The Balaban J connectivity index is 1.56. The van der Waals surface area contributed by atoms with Gasteiger partial charge in [-0.3, -0.25) is 9.59 Å². The van der Waals surface area contributed by atoms with Crippen molar-refractivity contribution >= 4 is 18.0 Å². The maximum Gasteiger partial charge on any atom is 0.258 e. The largest absolute Gasteiger partial charge is 0.477 e. The van der Waals surface area contributed by atoms with Crippen LogP contribution in [0.3, 0.4) is 0 Å². The molecule has 2 amide bonds. The zero-order valence-corrected chi connectivity index (χ0v) is 21.1. The first-order valence-electron chi connectivity index (χ1n) is 12.7. The fourth-order valence-corrected chi connectivity index (χ4v) is 6.26. The molecular weight excluding hydrogens is 432 g/mol. The van der Waals surface area contributed by atoms with Gasteiger partial charge in [-0.05, 0) is 75.5 Å². The first kappa shape index (κ1) is 24.8. The fourth-order valence-electron chi connectivity index (χ4n) is 6.26. The van der Waals surface area contributed by atoms with Crippen LogP contribution in [0.1, 0.15) is 70.2 Å². The van der Waals surface area contributed by atoms with Gasteiger partial charge in [-0.2, -0.15) is 5.10 Å². The first-order chi connectivity index (χ1) is 16.1. The summed E-state index contributed by atoms with van der Waals surface area (Å²) in [4.78, 5) is 25.6. The number of nitrogens with one attached hydrogen (secondary N) is 2. The van der Waals surface area contributed by atoms with E-state index in [-0.39, 0.29) is 29.9 Å². The van der Waals surface area contributed by atoms with Gasteiger partial charge in [0.2, 0.25) is 11.8 Å². The molecule has 4 rings (SSSR count). The van der Waals surface area contributed by atoms with Gasteiger partial charge in [0.05, 0.1) is 24.3 Å². The van der Waals surface area contributed by atoms with Crippen molar-refractivity contribution in [3.63, 3.8) is 0 Å². The Morgan fingerprint density at radius 1 is 1.24 bits per heavy atom. The lowest BCUT2D eigenvalue weighted by molar-refractivity contribution is -0.126. The molecule has 3 aliphatic carbocycles. The molecule has 1 aromatic rings. The average Bonchev–Trinajstić information content (AvgIpc) is 3.25. The predicted molar refractivity (Wildman–Crippen MR) is 130 cm³/mol. The number of aliphatic hydroxyl groups excluding tert-OH is 1. The number of rotatable bonds is 8. The minimum absolute atomic E-state index is 0.0847. The second kappa shape index (κ2) is 9.72. The van der Waals surface area contributed by atoms with E-state index < -0.39 is 5.41 Å². The third-order valence-corrected chi connectivity index (χ3v) is 7.89. The summed E-state index contributed by atoms with van der Waals surface area (Å²) in [5.74, 6) is 2.36. The van der Waals surface area contributed by atoms with Gasteiger partial charge in [0.15, 0.2) is 0 Å². The molecule has 3 fully saturated rings.